The maximum Gasteiger partial charge on any atom is 0.236 e. The number of carbonyl (C=O) groups is 1. The van der Waals surface area contributed by atoms with Gasteiger partial charge in [-0.1, -0.05) is 18.9 Å². The minimum absolute atomic E-state index is 0. The van der Waals surface area contributed by atoms with E-state index in [1.807, 2.05) is 17.5 Å². The second-order valence-corrected chi connectivity index (χ2v) is 7.48. The highest BCUT2D eigenvalue weighted by Gasteiger charge is 2.49. The monoisotopic (exact) mass is 367 g/mol. The van der Waals surface area contributed by atoms with Gasteiger partial charge in [-0.05, 0) is 36.8 Å². The van der Waals surface area contributed by atoms with E-state index in [2.05, 4.69) is 15.6 Å². The van der Waals surface area contributed by atoms with Crippen molar-refractivity contribution in [2.24, 2.45) is 11.3 Å². The first kappa shape index (κ1) is 17.5. The summed E-state index contributed by atoms with van der Waals surface area (Å²) in [6.07, 6.45) is 6.19. The average Bonchev–Trinajstić information content (AvgIpc) is 3.31. The van der Waals surface area contributed by atoms with E-state index in [1.165, 1.54) is 6.42 Å². The number of nitrogens with one attached hydrogen (secondary N) is 2. The van der Waals surface area contributed by atoms with Crippen molar-refractivity contribution in [1.82, 2.24) is 15.6 Å². The van der Waals surface area contributed by atoms with Crippen LogP contribution in [0, 0.1) is 11.3 Å². The number of halogens is 1. The number of hydrogen-bond acceptors (Lipinski definition) is 5. The quantitative estimate of drug-likeness (QED) is 0.870. The molecular weight excluding hydrogens is 346 g/mol. The number of nitrogens with zero attached hydrogens (tertiary/aromatic N) is 1. The van der Waals surface area contributed by atoms with Crippen LogP contribution in [0.2, 0.25) is 0 Å². The van der Waals surface area contributed by atoms with Crippen LogP contribution in [-0.2, 0) is 11.3 Å². The fourth-order valence-corrected chi connectivity index (χ4v) is 4.59. The highest BCUT2D eigenvalue weighted by atomic mass is 35.5. The molecule has 3 heterocycles. The van der Waals surface area contributed by atoms with E-state index in [0.29, 0.717) is 18.4 Å². The van der Waals surface area contributed by atoms with Crippen LogP contribution in [0.25, 0.3) is 10.8 Å². The predicted molar refractivity (Wildman–Crippen MR) is 96.2 cm³/mol. The maximum absolute atomic E-state index is 12.8. The lowest BCUT2D eigenvalue weighted by atomic mass is 9.67. The molecule has 1 aliphatic heterocycles. The van der Waals surface area contributed by atoms with Crippen molar-refractivity contribution in [3.63, 3.8) is 0 Å². The van der Waals surface area contributed by atoms with Gasteiger partial charge in [-0.3, -0.25) is 4.79 Å². The van der Waals surface area contributed by atoms with Crippen LogP contribution < -0.4 is 10.6 Å². The molecule has 130 valence electrons. The van der Waals surface area contributed by atoms with E-state index in [-0.39, 0.29) is 23.7 Å². The van der Waals surface area contributed by atoms with Gasteiger partial charge in [0.1, 0.15) is 6.26 Å². The Morgan fingerprint density at radius 3 is 3.25 bits per heavy atom. The third kappa shape index (κ3) is 3.10. The maximum atomic E-state index is 12.8. The number of oxazole rings is 1. The Morgan fingerprint density at radius 2 is 2.42 bits per heavy atom. The number of rotatable bonds is 4. The first-order chi connectivity index (χ1) is 11.3. The number of carbonyl (C=O) groups excluding carboxylic acids is 1. The smallest absolute Gasteiger partial charge is 0.236 e. The highest BCUT2D eigenvalue weighted by Crippen LogP contribution is 2.43. The van der Waals surface area contributed by atoms with Gasteiger partial charge in [0, 0.05) is 6.54 Å². The number of hydrogen-bond donors (Lipinski definition) is 2. The van der Waals surface area contributed by atoms with Gasteiger partial charge in [-0.25, -0.2) is 4.98 Å². The molecule has 0 bridgehead atoms. The second kappa shape index (κ2) is 7.25. The zero-order valence-electron chi connectivity index (χ0n) is 13.4. The van der Waals surface area contributed by atoms with Gasteiger partial charge < -0.3 is 15.1 Å². The molecule has 0 radical (unpaired) electrons. The Morgan fingerprint density at radius 1 is 1.50 bits per heavy atom. The van der Waals surface area contributed by atoms with E-state index < -0.39 is 0 Å². The van der Waals surface area contributed by atoms with E-state index in [1.54, 1.807) is 17.6 Å². The van der Waals surface area contributed by atoms with Crippen LogP contribution in [0.5, 0.6) is 0 Å². The summed E-state index contributed by atoms with van der Waals surface area (Å²) in [7, 11) is 0. The SMILES string of the molecule is Cl.O=C(NCc1coc(-c2cccs2)n1)[C@@]12CCCC[C@H]1CNC2. The Labute approximate surface area is 151 Å². The third-order valence-corrected chi connectivity index (χ3v) is 6.06. The lowest BCUT2D eigenvalue weighted by Gasteiger charge is -2.37. The number of amides is 1. The summed E-state index contributed by atoms with van der Waals surface area (Å²) in [4.78, 5) is 18.3. The van der Waals surface area contributed by atoms with Crippen LogP contribution in [0.4, 0.5) is 0 Å². The van der Waals surface area contributed by atoms with Crippen LogP contribution in [0.3, 0.4) is 0 Å². The van der Waals surface area contributed by atoms with Crippen LogP contribution in [0.15, 0.2) is 28.2 Å². The predicted octanol–water partition coefficient (Wildman–Crippen LogP) is 3.22. The molecule has 2 aromatic heterocycles. The first-order valence-corrected chi connectivity index (χ1v) is 9.13. The van der Waals surface area contributed by atoms with Gasteiger partial charge in [0.05, 0.1) is 22.5 Å². The largest absolute Gasteiger partial charge is 0.443 e. The summed E-state index contributed by atoms with van der Waals surface area (Å²) < 4.78 is 5.51. The molecule has 0 unspecified atom stereocenters. The average molecular weight is 368 g/mol. The normalized spacial score (nSPS) is 25.8. The van der Waals surface area contributed by atoms with Crippen molar-refractivity contribution >= 4 is 29.7 Å². The van der Waals surface area contributed by atoms with E-state index in [9.17, 15) is 4.79 Å². The third-order valence-electron chi connectivity index (χ3n) is 5.20. The molecule has 4 rings (SSSR count). The highest BCUT2D eigenvalue weighted by molar-refractivity contribution is 7.13. The lowest BCUT2D eigenvalue weighted by molar-refractivity contribution is -0.134. The van der Waals surface area contributed by atoms with Gasteiger partial charge in [0.15, 0.2) is 0 Å². The molecule has 0 spiro atoms. The van der Waals surface area contributed by atoms with Crippen molar-refractivity contribution in [2.45, 2.75) is 32.2 Å². The molecule has 1 amide bonds. The van der Waals surface area contributed by atoms with Crippen LogP contribution in [-0.4, -0.2) is 24.0 Å². The minimum Gasteiger partial charge on any atom is -0.443 e. The van der Waals surface area contributed by atoms with Gasteiger partial charge in [-0.15, -0.1) is 23.7 Å². The summed E-state index contributed by atoms with van der Waals surface area (Å²) in [6, 6.07) is 3.95. The Balaban J connectivity index is 0.00000169. The summed E-state index contributed by atoms with van der Waals surface area (Å²) in [5, 5.41) is 8.50. The Bertz CT molecular complexity index is 688. The molecule has 2 fully saturated rings. The fourth-order valence-electron chi connectivity index (χ4n) is 3.94. The molecule has 2 N–H and O–H groups in total. The molecule has 2 atom stereocenters. The molecule has 1 saturated heterocycles. The van der Waals surface area contributed by atoms with Crippen molar-refractivity contribution in [3.05, 3.63) is 29.5 Å². The van der Waals surface area contributed by atoms with Crippen molar-refractivity contribution < 1.29 is 9.21 Å². The van der Waals surface area contributed by atoms with Crippen LogP contribution >= 0.6 is 23.7 Å². The molecule has 2 aromatic rings. The van der Waals surface area contributed by atoms with Crippen molar-refractivity contribution in [2.75, 3.05) is 13.1 Å². The molecular formula is C17H22ClN3O2S. The summed E-state index contributed by atoms with van der Waals surface area (Å²) in [5.41, 5.74) is 0.565. The minimum atomic E-state index is -0.210. The van der Waals surface area contributed by atoms with Gasteiger partial charge in [-0.2, -0.15) is 0 Å². The standard InChI is InChI=1S/C17H21N3O2S.ClH/c21-16(17-6-2-1-4-12(17)8-18-11-17)19-9-13-10-22-15(20-13)14-5-3-7-23-14;/h3,5,7,10,12,18H,1-2,4,6,8-9,11H2,(H,19,21);1H/t12-,17+;/m0./s1. The molecule has 7 heteroatoms. The van der Waals surface area contributed by atoms with Crippen LogP contribution in [0.1, 0.15) is 31.4 Å². The molecule has 1 aliphatic carbocycles. The molecule has 0 aromatic carbocycles. The number of thiophene rings is 1. The van der Waals surface area contributed by atoms with Crippen molar-refractivity contribution in [3.8, 4) is 10.8 Å². The number of fused-ring (bicyclic) bond motifs is 1. The summed E-state index contributed by atoms with van der Waals surface area (Å²) in [6.45, 7) is 2.21. The van der Waals surface area contributed by atoms with Crippen molar-refractivity contribution in [1.29, 1.82) is 0 Å². The summed E-state index contributed by atoms with van der Waals surface area (Å²) in [5.74, 6) is 1.28. The lowest BCUT2D eigenvalue weighted by Crippen LogP contribution is -2.47. The number of aromatic nitrogens is 1. The zero-order chi connectivity index (χ0) is 15.7. The first-order valence-electron chi connectivity index (χ1n) is 8.25. The zero-order valence-corrected chi connectivity index (χ0v) is 15.0. The van der Waals surface area contributed by atoms with Gasteiger partial charge in [0.25, 0.3) is 0 Å². The molecule has 5 nitrogen and oxygen atoms in total. The molecule has 24 heavy (non-hydrogen) atoms. The van der Waals surface area contributed by atoms with E-state index in [4.69, 9.17) is 4.42 Å². The second-order valence-electron chi connectivity index (χ2n) is 6.53. The van der Waals surface area contributed by atoms with Gasteiger partial charge in [0.2, 0.25) is 11.8 Å². The Kier molecular flexibility index (Phi) is 5.27. The van der Waals surface area contributed by atoms with Gasteiger partial charge >= 0.3 is 0 Å². The molecule has 2 aliphatic rings. The molecule has 1 saturated carbocycles. The topological polar surface area (TPSA) is 67.2 Å². The Hall–Kier alpha value is -1.37. The fraction of sp³-hybridized carbons (Fsp3) is 0.529. The van der Waals surface area contributed by atoms with E-state index in [0.717, 1.165) is 42.9 Å². The van der Waals surface area contributed by atoms with E-state index >= 15 is 0 Å². The summed E-state index contributed by atoms with van der Waals surface area (Å²) >= 11 is 1.60.